The number of hydrogen-bond acceptors (Lipinski definition) is 5. The summed E-state index contributed by atoms with van der Waals surface area (Å²) >= 11 is 6.11. The van der Waals surface area contributed by atoms with Crippen LogP contribution in [0.2, 0.25) is 5.02 Å². The first-order valence-electron chi connectivity index (χ1n) is 9.01. The first kappa shape index (κ1) is 19.0. The van der Waals surface area contributed by atoms with Gasteiger partial charge in [0, 0.05) is 37.7 Å². The van der Waals surface area contributed by atoms with Crippen molar-refractivity contribution in [2.45, 2.75) is 32.4 Å². The van der Waals surface area contributed by atoms with Gasteiger partial charge in [-0.1, -0.05) is 29.8 Å². The molecule has 0 radical (unpaired) electrons. The number of rotatable bonds is 5. The van der Waals surface area contributed by atoms with Crippen molar-refractivity contribution in [3.8, 4) is 0 Å². The lowest BCUT2D eigenvalue weighted by Crippen LogP contribution is -2.48. The van der Waals surface area contributed by atoms with Crippen molar-refractivity contribution in [2.75, 3.05) is 32.7 Å². The summed E-state index contributed by atoms with van der Waals surface area (Å²) < 4.78 is 1.93. The highest BCUT2D eigenvalue weighted by molar-refractivity contribution is 6.30. The lowest BCUT2D eigenvalue weighted by atomic mass is 10.0. The monoisotopic (exact) mass is 374 g/mol. The first-order chi connectivity index (χ1) is 12.4. The summed E-state index contributed by atoms with van der Waals surface area (Å²) in [4.78, 5) is 4.87. The number of piperazine rings is 1. The molecule has 2 aromatic rings. The van der Waals surface area contributed by atoms with Crippen LogP contribution >= 0.6 is 11.6 Å². The predicted molar refractivity (Wildman–Crippen MR) is 104 cm³/mol. The maximum atomic E-state index is 6.11. The molecule has 0 saturated carbocycles. The van der Waals surface area contributed by atoms with E-state index in [4.69, 9.17) is 11.6 Å². The van der Waals surface area contributed by atoms with Gasteiger partial charge in [0.15, 0.2) is 5.82 Å². The normalized spacial score (nSPS) is 18.0. The summed E-state index contributed by atoms with van der Waals surface area (Å²) in [6.07, 6.45) is 1.96. The van der Waals surface area contributed by atoms with Crippen LogP contribution in [0.3, 0.4) is 0 Å². The molecule has 0 bridgehead atoms. The van der Waals surface area contributed by atoms with Gasteiger partial charge < -0.3 is 0 Å². The zero-order valence-corrected chi connectivity index (χ0v) is 16.5. The summed E-state index contributed by atoms with van der Waals surface area (Å²) in [6.45, 7) is 15.1. The minimum absolute atomic E-state index is 0.00683. The molecule has 1 fully saturated rings. The van der Waals surface area contributed by atoms with E-state index in [1.165, 1.54) is 0 Å². The molecule has 0 aliphatic carbocycles. The van der Waals surface area contributed by atoms with Crippen LogP contribution in [0.4, 0.5) is 0 Å². The molecular weight excluding hydrogens is 348 g/mol. The van der Waals surface area contributed by atoms with Crippen molar-refractivity contribution in [1.82, 2.24) is 30.0 Å². The molecule has 0 unspecified atom stereocenters. The molecule has 7 heteroatoms. The van der Waals surface area contributed by atoms with Crippen LogP contribution in [0.5, 0.6) is 0 Å². The Labute approximate surface area is 160 Å². The van der Waals surface area contributed by atoms with E-state index in [0.29, 0.717) is 0 Å². The molecule has 1 aliphatic heterocycles. The van der Waals surface area contributed by atoms with Crippen molar-refractivity contribution in [3.63, 3.8) is 0 Å². The number of aromatic nitrogens is 4. The van der Waals surface area contributed by atoms with Crippen LogP contribution in [0.25, 0.3) is 0 Å². The van der Waals surface area contributed by atoms with Gasteiger partial charge >= 0.3 is 0 Å². The Morgan fingerprint density at radius 3 is 2.38 bits per heavy atom. The van der Waals surface area contributed by atoms with Gasteiger partial charge in [-0.3, -0.25) is 9.80 Å². The topological polar surface area (TPSA) is 50.1 Å². The zero-order chi connectivity index (χ0) is 18.7. The molecule has 26 heavy (non-hydrogen) atoms. The Hall–Kier alpha value is -1.76. The van der Waals surface area contributed by atoms with Crippen LogP contribution in [-0.4, -0.2) is 62.7 Å². The largest absolute Gasteiger partial charge is 0.297 e. The minimum Gasteiger partial charge on any atom is -0.297 e. The molecule has 1 aromatic carbocycles. The summed E-state index contributed by atoms with van der Waals surface area (Å²) in [6, 6.07) is 8.02. The second-order valence-electron chi connectivity index (χ2n) is 7.70. The molecule has 1 saturated heterocycles. The summed E-state index contributed by atoms with van der Waals surface area (Å²) in [5.74, 6) is 0.872. The molecule has 6 nitrogen and oxygen atoms in total. The molecule has 0 N–H and O–H groups in total. The SMILES string of the molecule is C=CCN1CCN([C@@H](c2ccc(Cl)cc2)c2nnnn2C(C)(C)C)CC1. The second-order valence-corrected chi connectivity index (χ2v) is 8.14. The summed E-state index contributed by atoms with van der Waals surface area (Å²) in [7, 11) is 0. The lowest BCUT2D eigenvalue weighted by Gasteiger charge is -2.39. The van der Waals surface area contributed by atoms with Crippen molar-refractivity contribution < 1.29 is 0 Å². The van der Waals surface area contributed by atoms with Crippen LogP contribution in [-0.2, 0) is 5.54 Å². The Morgan fingerprint density at radius 1 is 1.15 bits per heavy atom. The highest BCUT2D eigenvalue weighted by Gasteiger charge is 2.32. The van der Waals surface area contributed by atoms with E-state index >= 15 is 0 Å². The van der Waals surface area contributed by atoms with Gasteiger partial charge in [-0.2, -0.15) is 0 Å². The quantitative estimate of drug-likeness (QED) is 0.753. The van der Waals surface area contributed by atoms with Crippen molar-refractivity contribution in [1.29, 1.82) is 0 Å². The fourth-order valence-corrected chi connectivity index (χ4v) is 3.52. The van der Waals surface area contributed by atoms with E-state index in [1.54, 1.807) is 0 Å². The molecule has 3 rings (SSSR count). The third-order valence-corrected chi connectivity index (χ3v) is 4.97. The maximum Gasteiger partial charge on any atom is 0.173 e. The Balaban J connectivity index is 1.95. The van der Waals surface area contributed by atoms with Gasteiger partial charge in [-0.15, -0.1) is 11.7 Å². The fourth-order valence-electron chi connectivity index (χ4n) is 3.40. The van der Waals surface area contributed by atoms with Gasteiger partial charge in [-0.05, 0) is 48.9 Å². The molecule has 1 atom stereocenters. The Kier molecular flexibility index (Phi) is 5.75. The van der Waals surface area contributed by atoms with Crippen LogP contribution in [0.1, 0.15) is 38.2 Å². The first-order valence-corrected chi connectivity index (χ1v) is 9.39. The maximum absolute atomic E-state index is 6.11. The third-order valence-electron chi connectivity index (χ3n) is 4.72. The van der Waals surface area contributed by atoms with E-state index in [9.17, 15) is 0 Å². The van der Waals surface area contributed by atoms with Gasteiger partial charge in [-0.25, -0.2) is 4.68 Å². The second kappa shape index (κ2) is 7.86. The number of benzene rings is 1. The average Bonchev–Trinajstić information content (AvgIpc) is 3.08. The third kappa shape index (κ3) is 4.14. The molecule has 1 aliphatic rings. The van der Waals surface area contributed by atoms with Crippen LogP contribution in [0, 0.1) is 0 Å². The van der Waals surface area contributed by atoms with Gasteiger partial charge in [0.1, 0.15) is 0 Å². The van der Waals surface area contributed by atoms with Crippen molar-refractivity contribution >= 4 is 11.6 Å². The molecule has 1 aromatic heterocycles. The van der Waals surface area contributed by atoms with E-state index in [2.05, 4.69) is 64.8 Å². The van der Waals surface area contributed by atoms with Gasteiger partial charge in [0.25, 0.3) is 0 Å². The van der Waals surface area contributed by atoms with Gasteiger partial charge in [0.05, 0.1) is 11.6 Å². The van der Waals surface area contributed by atoms with E-state index in [-0.39, 0.29) is 11.6 Å². The summed E-state index contributed by atoms with van der Waals surface area (Å²) in [5, 5.41) is 13.4. The lowest BCUT2D eigenvalue weighted by molar-refractivity contribution is 0.110. The predicted octanol–water partition coefficient (Wildman–Crippen LogP) is 2.97. The Morgan fingerprint density at radius 2 is 1.81 bits per heavy atom. The van der Waals surface area contributed by atoms with Crippen LogP contribution in [0.15, 0.2) is 36.9 Å². The average molecular weight is 375 g/mol. The number of hydrogen-bond donors (Lipinski definition) is 0. The highest BCUT2D eigenvalue weighted by atomic mass is 35.5. The van der Waals surface area contributed by atoms with Crippen molar-refractivity contribution in [3.05, 3.63) is 53.3 Å². The molecule has 140 valence electrons. The molecule has 2 heterocycles. The smallest absolute Gasteiger partial charge is 0.173 e. The molecule has 0 amide bonds. The van der Waals surface area contributed by atoms with Gasteiger partial charge in [0.2, 0.25) is 0 Å². The zero-order valence-electron chi connectivity index (χ0n) is 15.8. The summed E-state index contributed by atoms with van der Waals surface area (Å²) in [5.41, 5.74) is 0.973. The molecule has 0 spiro atoms. The Bertz CT molecular complexity index is 725. The van der Waals surface area contributed by atoms with E-state index in [0.717, 1.165) is 49.1 Å². The van der Waals surface area contributed by atoms with Crippen LogP contribution < -0.4 is 0 Å². The van der Waals surface area contributed by atoms with Crippen molar-refractivity contribution in [2.24, 2.45) is 0 Å². The number of tetrazole rings is 1. The van der Waals surface area contributed by atoms with E-state index < -0.39 is 0 Å². The highest BCUT2D eigenvalue weighted by Crippen LogP contribution is 2.31. The minimum atomic E-state index is -0.186. The fraction of sp³-hybridized carbons (Fsp3) is 0.526. The molecular formula is C19H27ClN6. The standard InChI is InChI=1S/C19H27ClN6/c1-5-10-24-11-13-25(14-12-24)17(15-6-8-16(20)9-7-15)18-21-22-23-26(18)19(2,3)4/h5-9,17H,1,10-14H2,2-4H3/t17-/m0/s1. The number of halogens is 1. The number of nitrogens with zero attached hydrogens (tertiary/aromatic N) is 6. The van der Waals surface area contributed by atoms with E-state index in [1.807, 2.05) is 22.9 Å².